The fourth-order valence-electron chi connectivity index (χ4n) is 3.74. The highest BCUT2D eigenvalue weighted by Gasteiger charge is 2.39. The van der Waals surface area contributed by atoms with Crippen molar-refractivity contribution in [1.82, 2.24) is 0 Å². The first-order chi connectivity index (χ1) is 8.58. The van der Waals surface area contributed by atoms with Crippen molar-refractivity contribution in [2.75, 3.05) is 0 Å². The van der Waals surface area contributed by atoms with Gasteiger partial charge in [0.05, 0.1) is 0 Å². The molecule has 18 heavy (non-hydrogen) atoms. The number of fused-ring (bicyclic) bond motifs is 1. The Hall–Kier alpha value is -1.11. The summed E-state index contributed by atoms with van der Waals surface area (Å²) in [5.41, 5.74) is 4.01. The molecule has 96 valence electrons. The molecule has 1 aromatic carbocycles. The van der Waals surface area contributed by atoms with Gasteiger partial charge in [0.2, 0.25) is 0 Å². The van der Waals surface area contributed by atoms with E-state index in [2.05, 4.69) is 32.0 Å². The minimum absolute atomic E-state index is 0.191. The number of rotatable bonds is 2. The molecule has 1 unspecified atom stereocenters. The van der Waals surface area contributed by atoms with Crippen LogP contribution in [0.4, 0.5) is 0 Å². The van der Waals surface area contributed by atoms with Crippen LogP contribution in [-0.4, -0.2) is 5.78 Å². The van der Waals surface area contributed by atoms with Crippen molar-refractivity contribution in [3.05, 3.63) is 34.9 Å². The van der Waals surface area contributed by atoms with Crippen molar-refractivity contribution < 1.29 is 4.79 Å². The Morgan fingerprint density at radius 2 is 1.94 bits per heavy atom. The summed E-state index contributed by atoms with van der Waals surface area (Å²) < 4.78 is 0. The molecule has 1 aromatic rings. The standard InChI is InChI=1S/C17H22O/c1-17(2)10-4-7-15(17)16(18)14-9-8-12-5-3-6-13(12)11-14/h8-9,11,15H,3-7,10H2,1-2H3. The molecule has 0 aromatic heterocycles. The van der Waals surface area contributed by atoms with Gasteiger partial charge in [-0.1, -0.05) is 32.4 Å². The van der Waals surface area contributed by atoms with Crippen LogP contribution in [-0.2, 0) is 12.8 Å². The van der Waals surface area contributed by atoms with Gasteiger partial charge in [-0.25, -0.2) is 0 Å². The van der Waals surface area contributed by atoms with Crippen molar-refractivity contribution >= 4 is 5.78 Å². The van der Waals surface area contributed by atoms with Crippen molar-refractivity contribution in [1.29, 1.82) is 0 Å². The van der Waals surface area contributed by atoms with Crippen LogP contribution in [0, 0.1) is 11.3 Å². The topological polar surface area (TPSA) is 17.1 Å². The fourth-order valence-corrected chi connectivity index (χ4v) is 3.74. The first kappa shape index (κ1) is 12.0. The monoisotopic (exact) mass is 242 g/mol. The van der Waals surface area contributed by atoms with E-state index >= 15 is 0 Å². The lowest BCUT2D eigenvalue weighted by Gasteiger charge is -2.25. The molecular weight excluding hydrogens is 220 g/mol. The Morgan fingerprint density at radius 3 is 2.67 bits per heavy atom. The van der Waals surface area contributed by atoms with E-state index in [1.165, 1.54) is 36.8 Å². The second-order valence-electron chi connectivity index (χ2n) is 6.63. The van der Waals surface area contributed by atoms with E-state index in [0.717, 1.165) is 18.4 Å². The van der Waals surface area contributed by atoms with Crippen molar-refractivity contribution in [2.24, 2.45) is 11.3 Å². The van der Waals surface area contributed by atoms with Gasteiger partial charge in [-0.3, -0.25) is 4.79 Å². The maximum absolute atomic E-state index is 12.7. The predicted molar refractivity (Wildman–Crippen MR) is 73.9 cm³/mol. The molecule has 0 aliphatic heterocycles. The maximum Gasteiger partial charge on any atom is 0.166 e. The molecule has 1 saturated carbocycles. The predicted octanol–water partition coefficient (Wildman–Crippen LogP) is 4.18. The highest BCUT2D eigenvalue weighted by molar-refractivity contribution is 5.98. The first-order valence-electron chi connectivity index (χ1n) is 7.24. The Balaban J connectivity index is 1.89. The lowest BCUT2D eigenvalue weighted by molar-refractivity contribution is 0.0839. The summed E-state index contributed by atoms with van der Waals surface area (Å²) in [4.78, 5) is 12.7. The third kappa shape index (κ3) is 1.90. The number of benzene rings is 1. The van der Waals surface area contributed by atoms with Crippen LogP contribution < -0.4 is 0 Å². The van der Waals surface area contributed by atoms with Crippen LogP contribution in [0.25, 0.3) is 0 Å². The number of hydrogen-bond donors (Lipinski definition) is 0. The molecule has 2 aliphatic carbocycles. The molecule has 0 N–H and O–H groups in total. The summed E-state index contributed by atoms with van der Waals surface area (Å²) >= 11 is 0. The zero-order chi connectivity index (χ0) is 12.8. The van der Waals surface area contributed by atoms with Gasteiger partial charge >= 0.3 is 0 Å². The van der Waals surface area contributed by atoms with Crippen LogP contribution >= 0.6 is 0 Å². The summed E-state index contributed by atoms with van der Waals surface area (Å²) in [6.07, 6.45) is 7.07. The molecule has 0 spiro atoms. The van der Waals surface area contributed by atoms with E-state index in [1.54, 1.807) is 0 Å². The second kappa shape index (κ2) is 4.22. The van der Waals surface area contributed by atoms with Gasteiger partial charge in [0, 0.05) is 11.5 Å². The largest absolute Gasteiger partial charge is 0.294 e. The minimum atomic E-state index is 0.191. The first-order valence-corrected chi connectivity index (χ1v) is 7.24. The summed E-state index contributed by atoms with van der Waals surface area (Å²) in [7, 11) is 0. The minimum Gasteiger partial charge on any atom is -0.294 e. The highest BCUT2D eigenvalue weighted by Crippen LogP contribution is 2.44. The second-order valence-corrected chi connectivity index (χ2v) is 6.63. The van der Waals surface area contributed by atoms with Crippen LogP contribution in [0.1, 0.15) is 61.0 Å². The lowest BCUT2D eigenvalue weighted by Crippen LogP contribution is -2.25. The van der Waals surface area contributed by atoms with Crippen molar-refractivity contribution in [3.63, 3.8) is 0 Å². The van der Waals surface area contributed by atoms with Gasteiger partial charge in [0.1, 0.15) is 0 Å². The molecule has 1 fully saturated rings. The normalized spacial score (nSPS) is 25.1. The van der Waals surface area contributed by atoms with Crippen LogP contribution in [0.15, 0.2) is 18.2 Å². The molecule has 0 saturated heterocycles. The SMILES string of the molecule is CC1(C)CCCC1C(=O)c1ccc2c(c1)CCC2. The lowest BCUT2D eigenvalue weighted by atomic mass is 9.77. The molecular formula is C17H22O. The van der Waals surface area contributed by atoms with Crippen molar-refractivity contribution in [3.8, 4) is 0 Å². The Morgan fingerprint density at radius 1 is 1.17 bits per heavy atom. The number of carbonyl (C=O) groups excluding carboxylic acids is 1. The average molecular weight is 242 g/mol. The number of hydrogen-bond acceptors (Lipinski definition) is 1. The van der Waals surface area contributed by atoms with Crippen LogP contribution in [0.3, 0.4) is 0 Å². The van der Waals surface area contributed by atoms with Gasteiger partial charge < -0.3 is 0 Å². The molecule has 1 atom stereocenters. The van der Waals surface area contributed by atoms with Gasteiger partial charge in [0.25, 0.3) is 0 Å². The van der Waals surface area contributed by atoms with Gasteiger partial charge in [-0.05, 0) is 54.7 Å². The molecule has 1 heteroatoms. The third-order valence-electron chi connectivity index (χ3n) is 4.96. The molecule has 0 radical (unpaired) electrons. The summed E-state index contributed by atoms with van der Waals surface area (Å²) in [5.74, 6) is 0.615. The Bertz CT molecular complexity index is 484. The molecule has 0 amide bonds. The summed E-state index contributed by atoms with van der Waals surface area (Å²) in [6.45, 7) is 4.49. The zero-order valence-corrected chi connectivity index (χ0v) is 11.5. The number of ketones is 1. The number of Topliss-reactive ketones (excluding diaryl/α,β-unsaturated/α-hetero) is 1. The van der Waals surface area contributed by atoms with E-state index < -0.39 is 0 Å². The third-order valence-corrected chi connectivity index (χ3v) is 4.96. The smallest absolute Gasteiger partial charge is 0.166 e. The highest BCUT2D eigenvalue weighted by atomic mass is 16.1. The van der Waals surface area contributed by atoms with E-state index in [4.69, 9.17) is 0 Å². The maximum atomic E-state index is 12.7. The zero-order valence-electron chi connectivity index (χ0n) is 11.5. The van der Waals surface area contributed by atoms with Crippen molar-refractivity contribution in [2.45, 2.75) is 52.4 Å². The van der Waals surface area contributed by atoms with E-state index in [1.807, 2.05) is 0 Å². The fraction of sp³-hybridized carbons (Fsp3) is 0.588. The van der Waals surface area contributed by atoms with E-state index in [0.29, 0.717) is 5.78 Å². The van der Waals surface area contributed by atoms with Gasteiger partial charge in [-0.15, -0.1) is 0 Å². The van der Waals surface area contributed by atoms with Crippen LogP contribution in [0.5, 0.6) is 0 Å². The Kier molecular flexibility index (Phi) is 2.80. The van der Waals surface area contributed by atoms with E-state index in [-0.39, 0.29) is 11.3 Å². The van der Waals surface area contributed by atoms with Crippen LogP contribution in [0.2, 0.25) is 0 Å². The molecule has 3 rings (SSSR count). The summed E-state index contributed by atoms with van der Waals surface area (Å²) in [5, 5.41) is 0. The van der Waals surface area contributed by atoms with Gasteiger partial charge in [-0.2, -0.15) is 0 Å². The van der Waals surface area contributed by atoms with E-state index in [9.17, 15) is 4.79 Å². The number of aryl methyl sites for hydroxylation is 2. The quantitative estimate of drug-likeness (QED) is 0.711. The molecule has 2 aliphatic rings. The molecule has 1 nitrogen and oxygen atoms in total. The molecule has 0 heterocycles. The Labute approximate surface area is 110 Å². The average Bonchev–Trinajstić information content (AvgIpc) is 2.92. The number of carbonyl (C=O) groups is 1. The summed E-state index contributed by atoms with van der Waals surface area (Å²) in [6, 6.07) is 6.40. The molecule has 0 bridgehead atoms. The van der Waals surface area contributed by atoms with Gasteiger partial charge in [0.15, 0.2) is 5.78 Å².